The molecule has 2 aromatic rings. The molecule has 1 aromatic carbocycles. The van der Waals surface area contributed by atoms with E-state index in [4.69, 9.17) is 16.2 Å². The van der Waals surface area contributed by atoms with Crippen LogP contribution in [0.25, 0.3) is 0 Å². The zero-order chi connectivity index (χ0) is 20.8. The van der Waals surface area contributed by atoms with Crippen LogP contribution in [0.15, 0.2) is 47.7 Å². The van der Waals surface area contributed by atoms with Gasteiger partial charge in [0.25, 0.3) is 0 Å². The van der Waals surface area contributed by atoms with Gasteiger partial charge < -0.3 is 26.0 Å². The van der Waals surface area contributed by atoms with E-state index in [1.165, 1.54) is 6.07 Å². The zero-order valence-electron chi connectivity index (χ0n) is 15.6. The van der Waals surface area contributed by atoms with Crippen LogP contribution < -0.4 is 16.4 Å². The quantitative estimate of drug-likeness (QED) is 0.566. The lowest BCUT2D eigenvalue weighted by atomic mass is 10.1. The summed E-state index contributed by atoms with van der Waals surface area (Å²) in [7, 11) is 0. The van der Waals surface area contributed by atoms with E-state index in [1.807, 2.05) is 12.1 Å². The van der Waals surface area contributed by atoms with E-state index in [2.05, 4.69) is 9.98 Å². The highest BCUT2D eigenvalue weighted by Gasteiger charge is 2.26. The highest BCUT2D eigenvalue weighted by atomic mass is 19.1. The van der Waals surface area contributed by atoms with Gasteiger partial charge in [-0.15, -0.1) is 4.99 Å². The number of hydrogen-bond donors (Lipinski definition) is 2. The van der Waals surface area contributed by atoms with Gasteiger partial charge in [-0.05, 0) is 17.7 Å². The Labute approximate surface area is 166 Å². The molecule has 0 radical (unpaired) electrons. The lowest BCUT2D eigenvalue weighted by molar-refractivity contribution is -0.131. The summed E-state index contributed by atoms with van der Waals surface area (Å²) in [5.74, 6) is -1.10. The third-order valence-corrected chi connectivity index (χ3v) is 4.39. The van der Waals surface area contributed by atoms with Gasteiger partial charge >= 0.3 is 6.09 Å². The van der Waals surface area contributed by atoms with Gasteiger partial charge in [-0.2, -0.15) is 0 Å². The van der Waals surface area contributed by atoms with Crippen molar-refractivity contribution in [1.82, 2.24) is 9.88 Å². The Bertz CT molecular complexity index is 917. The molecule has 1 aromatic heterocycles. The van der Waals surface area contributed by atoms with E-state index >= 15 is 0 Å². The van der Waals surface area contributed by atoms with E-state index in [0.29, 0.717) is 19.6 Å². The molecule has 2 amide bonds. The third kappa shape index (κ3) is 5.18. The molecule has 3 rings (SSSR count). The maximum absolute atomic E-state index is 14.9. The highest BCUT2D eigenvalue weighted by Crippen LogP contribution is 2.25. The molecule has 4 N–H and O–H groups in total. The molecule has 9 nitrogen and oxygen atoms in total. The van der Waals surface area contributed by atoms with Crippen LogP contribution >= 0.6 is 0 Å². The second kappa shape index (κ2) is 9.00. The summed E-state index contributed by atoms with van der Waals surface area (Å²) < 4.78 is 19.7. The molecule has 0 spiro atoms. The normalized spacial score (nSPS) is 13.9. The SMILES string of the molecule is NC(N)=NC(=O)OCc1cccc(N2CCN(Cc3cccnc3)C(=O)C2)c1F. The first-order valence-corrected chi connectivity index (χ1v) is 8.89. The molecule has 0 saturated carbocycles. The van der Waals surface area contributed by atoms with Crippen molar-refractivity contribution in [2.75, 3.05) is 24.5 Å². The van der Waals surface area contributed by atoms with Gasteiger partial charge in [-0.1, -0.05) is 18.2 Å². The Balaban J connectivity index is 1.65. The summed E-state index contributed by atoms with van der Waals surface area (Å²) in [6.07, 6.45) is 2.38. The van der Waals surface area contributed by atoms with Crippen molar-refractivity contribution >= 4 is 23.6 Å². The number of hydrogen-bond acceptors (Lipinski definition) is 5. The molecule has 1 aliphatic heterocycles. The van der Waals surface area contributed by atoms with Gasteiger partial charge in [-0.25, -0.2) is 9.18 Å². The second-order valence-electron chi connectivity index (χ2n) is 6.44. The van der Waals surface area contributed by atoms with Crippen LogP contribution in [-0.4, -0.2) is 47.5 Å². The van der Waals surface area contributed by atoms with Crippen LogP contribution in [0.3, 0.4) is 0 Å². The number of benzene rings is 1. The van der Waals surface area contributed by atoms with Crippen molar-refractivity contribution in [3.63, 3.8) is 0 Å². The van der Waals surface area contributed by atoms with E-state index in [1.54, 1.807) is 34.3 Å². The Morgan fingerprint density at radius 1 is 1.24 bits per heavy atom. The number of anilines is 1. The molecular weight excluding hydrogens is 379 g/mol. The predicted molar refractivity (Wildman–Crippen MR) is 104 cm³/mol. The van der Waals surface area contributed by atoms with Crippen molar-refractivity contribution in [1.29, 1.82) is 0 Å². The summed E-state index contributed by atoms with van der Waals surface area (Å²) in [4.78, 5) is 34.6. The molecule has 0 unspecified atom stereocenters. The Morgan fingerprint density at radius 2 is 2.07 bits per heavy atom. The fourth-order valence-electron chi connectivity index (χ4n) is 2.99. The second-order valence-corrected chi connectivity index (χ2v) is 6.44. The maximum atomic E-state index is 14.9. The first-order valence-electron chi connectivity index (χ1n) is 8.89. The number of carbonyl (C=O) groups is 2. The third-order valence-electron chi connectivity index (χ3n) is 4.39. The predicted octanol–water partition coefficient (Wildman–Crippen LogP) is 0.979. The molecule has 0 atom stereocenters. The summed E-state index contributed by atoms with van der Waals surface area (Å²) in [5, 5.41) is 0. The topological polar surface area (TPSA) is 127 Å². The molecule has 1 fully saturated rings. The lowest BCUT2D eigenvalue weighted by Crippen LogP contribution is -2.50. The number of amides is 2. The molecule has 2 heterocycles. The van der Waals surface area contributed by atoms with E-state index in [9.17, 15) is 14.0 Å². The molecular formula is C19H21FN6O3. The standard InChI is InChI=1S/C19H21FN6O3/c20-17-14(12-29-19(28)24-18(21)22)4-1-5-15(17)25-7-8-26(16(27)11-25)10-13-3-2-6-23-9-13/h1-6,9H,7-8,10-12H2,(H4,21,22,24,28). The molecule has 1 saturated heterocycles. The van der Waals surface area contributed by atoms with Crippen molar-refractivity contribution < 1.29 is 18.7 Å². The summed E-state index contributed by atoms with van der Waals surface area (Å²) in [6.45, 7) is 1.11. The molecule has 0 aliphatic carbocycles. The summed E-state index contributed by atoms with van der Waals surface area (Å²) in [5.41, 5.74) is 11.6. The minimum atomic E-state index is -1.01. The number of piperazine rings is 1. The maximum Gasteiger partial charge on any atom is 0.437 e. The molecule has 0 bridgehead atoms. The molecule has 29 heavy (non-hydrogen) atoms. The van der Waals surface area contributed by atoms with Crippen LogP contribution in [0.2, 0.25) is 0 Å². The monoisotopic (exact) mass is 400 g/mol. The number of nitrogens with two attached hydrogens (primary N) is 2. The van der Waals surface area contributed by atoms with Crippen molar-refractivity contribution in [3.05, 3.63) is 59.7 Å². The van der Waals surface area contributed by atoms with Crippen molar-refractivity contribution in [2.45, 2.75) is 13.2 Å². The van der Waals surface area contributed by atoms with Gasteiger partial charge in [0.05, 0.1) is 12.2 Å². The summed E-state index contributed by atoms with van der Waals surface area (Å²) >= 11 is 0. The van der Waals surface area contributed by atoms with Gasteiger partial charge in [0, 0.05) is 37.6 Å². The lowest BCUT2D eigenvalue weighted by Gasteiger charge is -2.36. The molecule has 1 aliphatic rings. The average molecular weight is 400 g/mol. The average Bonchev–Trinajstić information content (AvgIpc) is 2.69. The van der Waals surface area contributed by atoms with E-state index < -0.39 is 17.9 Å². The summed E-state index contributed by atoms with van der Waals surface area (Å²) in [6, 6.07) is 8.42. The largest absolute Gasteiger partial charge is 0.443 e. The van der Waals surface area contributed by atoms with Crippen LogP contribution in [0, 0.1) is 5.82 Å². The van der Waals surface area contributed by atoms with Gasteiger partial charge in [0.2, 0.25) is 5.91 Å². The Hall–Kier alpha value is -3.69. The number of halogens is 1. The van der Waals surface area contributed by atoms with Gasteiger partial charge in [0.15, 0.2) is 11.8 Å². The van der Waals surface area contributed by atoms with Crippen LogP contribution in [0.5, 0.6) is 0 Å². The van der Waals surface area contributed by atoms with Crippen molar-refractivity contribution in [3.8, 4) is 0 Å². The van der Waals surface area contributed by atoms with Crippen LogP contribution in [-0.2, 0) is 22.7 Å². The minimum absolute atomic E-state index is 0.0500. The first-order chi connectivity index (χ1) is 13.9. The van der Waals surface area contributed by atoms with Gasteiger partial charge in [0.1, 0.15) is 6.61 Å². The number of rotatable bonds is 5. The number of aliphatic imine (C=N–C) groups is 1. The Kier molecular flexibility index (Phi) is 6.22. The van der Waals surface area contributed by atoms with Crippen molar-refractivity contribution in [2.24, 2.45) is 16.5 Å². The Morgan fingerprint density at radius 3 is 2.76 bits per heavy atom. The van der Waals surface area contributed by atoms with Gasteiger partial charge in [-0.3, -0.25) is 9.78 Å². The number of guanidine groups is 1. The number of carbonyl (C=O) groups excluding carboxylic acids is 2. The molecule has 10 heteroatoms. The zero-order valence-corrected chi connectivity index (χ0v) is 15.6. The minimum Gasteiger partial charge on any atom is -0.443 e. The fourth-order valence-corrected chi connectivity index (χ4v) is 2.99. The van der Waals surface area contributed by atoms with E-state index in [-0.39, 0.29) is 30.3 Å². The molecule has 152 valence electrons. The smallest absolute Gasteiger partial charge is 0.437 e. The van der Waals surface area contributed by atoms with Crippen LogP contribution in [0.4, 0.5) is 14.9 Å². The number of aromatic nitrogens is 1. The highest BCUT2D eigenvalue weighted by molar-refractivity contribution is 5.87. The fraction of sp³-hybridized carbons (Fsp3) is 0.263. The first kappa shape index (κ1) is 20.1. The number of pyridine rings is 1. The number of nitrogens with zero attached hydrogens (tertiary/aromatic N) is 4. The number of ether oxygens (including phenoxy) is 1. The van der Waals surface area contributed by atoms with E-state index in [0.717, 1.165) is 5.56 Å². The van der Waals surface area contributed by atoms with Crippen LogP contribution in [0.1, 0.15) is 11.1 Å².